The Bertz CT molecular complexity index is 169. The van der Waals surface area contributed by atoms with Crippen LogP contribution in [0.4, 0.5) is 0 Å². The van der Waals surface area contributed by atoms with Crippen molar-refractivity contribution in [3.8, 4) is 0 Å². The lowest BCUT2D eigenvalue weighted by molar-refractivity contribution is -0.0237. The number of epoxide rings is 1. The minimum absolute atomic E-state index is 0.00868. The molecular weight excluding hydrogens is 128 g/mol. The molecule has 0 radical (unpaired) electrons. The lowest BCUT2D eigenvalue weighted by Crippen LogP contribution is -2.31. The van der Waals surface area contributed by atoms with E-state index in [2.05, 4.69) is 13.8 Å². The van der Waals surface area contributed by atoms with Gasteiger partial charge in [-0.05, 0) is 26.7 Å². The van der Waals surface area contributed by atoms with E-state index in [1.165, 1.54) is 0 Å². The van der Waals surface area contributed by atoms with Gasteiger partial charge >= 0.3 is 0 Å². The quantitative estimate of drug-likeness (QED) is 0.515. The Hall–Kier alpha value is -0.0800. The standard InChI is InChI=1S/C8H14O2/c1-7(9-3)4-5-8(2)6(7)10-8/h6H,4-5H2,1-3H3/t6-,7-,8-/m0/s1. The Balaban J connectivity index is 2.16. The maximum absolute atomic E-state index is 5.52. The van der Waals surface area contributed by atoms with E-state index in [1.54, 1.807) is 7.11 Å². The van der Waals surface area contributed by atoms with E-state index < -0.39 is 0 Å². The molecule has 2 rings (SSSR count). The lowest BCUT2D eigenvalue weighted by Gasteiger charge is -2.21. The molecule has 0 aromatic heterocycles. The molecule has 0 unspecified atom stereocenters. The highest BCUT2D eigenvalue weighted by molar-refractivity contribution is 5.15. The molecule has 2 aliphatic rings. The molecule has 0 aromatic carbocycles. The Morgan fingerprint density at radius 2 is 2.10 bits per heavy atom. The van der Waals surface area contributed by atoms with Gasteiger partial charge in [0.15, 0.2) is 0 Å². The van der Waals surface area contributed by atoms with Crippen molar-refractivity contribution in [2.24, 2.45) is 0 Å². The predicted molar refractivity (Wildman–Crippen MR) is 37.9 cm³/mol. The lowest BCUT2D eigenvalue weighted by atomic mass is 10.0. The average Bonchev–Trinajstić information content (AvgIpc) is 2.54. The second kappa shape index (κ2) is 1.56. The van der Waals surface area contributed by atoms with Crippen LogP contribution in [0, 0.1) is 0 Å². The summed E-state index contributed by atoms with van der Waals surface area (Å²) in [5.41, 5.74) is 0.180. The van der Waals surface area contributed by atoms with E-state index in [0.717, 1.165) is 12.8 Å². The second-order valence-electron chi connectivity index (χ2n) is 3.83. The fourth-order valence-corrected chi connectivity index (χ4v) is 2.03. The van der Waals surface area contributed by atoms with Crippen LogP contribution in [-0.2, 0) is 9.47 Å². The van der Waals surface area contributed by atoms with Crippen molar-refractivity contribution in [2.75, 3.05) is 7.11 Å². The van der Waals surface area contributed by atoms with E-state index in [-0.39, 0.29) is 11.2 Å². The molecule has 1 saturated heterocycles. The highest BCUT2D eigenvalue weighted by Gasteiger charge is 2.66. The molecule has 0 aromatic rings. The SMILES string of the molecule is CO[C@@]1(C)CC[C@]2(C)O[C@@H]12. The maximum atomic E-state index is 5.52. The highest BCUT2D eigenvalue weighted by Crippen LogP contribution is 2.55. The monoisotopic (exact) mass is 142 g/mol. The summed E-state index contributed by atoms with van der Waals surface area (Å²) in [5, 5.41) is 0. The number of hydrogen-bond acceptors (Lipinski definition) is 2. The molecule has 3 atom stereocenters. The van der Waals surface area contributed by atoms with Crippen LogP contribution in [0.2, 0.25) is 0 Å². The third kappa shape index (κ3) is 0.611. The predicted octanol–water partition coefficient (Wildman–Crippen LogP) is 1.34. The summed E-state index contributed by atoms with van der Waals surface area (Å²) in [4.78, 5) is 0. The summed E-state index contributed by atoms with van der Waals surface area (Å²) < 4.78 is 10.9. The first-order chi connectivity index (χ1) is 4.61. The molecule has 10 heavy (non-hydrogen) atoms. The van der Waals surface area contributed by atoms with Crippen LogP contribution in [-0.4, -0.2) is 24.4 Å². The van der Waals surface area contributed by atoms with Crippen molar-refractivity contribution >= 4 is 0 Å². The van der Waals surface area contributed by atoms with Crippen molar-refractivity contribution in [1.82, 2.24) is 0 Å². The molecule has 2 heteroatoms. The molecule has 0 amide bonds. The van der Waals surface area contributed by atoms with Gasteiger partial charge in [-0.3, -0.25) is 0 Å². The van der Waals surface area contributed by atoms with E-state index >= 15 is 0 Å². The van der Waals surface area contributed by atoms with Gasteiger partial charge in [-0.1, -0.05) is 0 Å². The van der Waals surface area contributed by atoms with Crippen molar-refractivity contribution in [2.45, 2.75) is 44.0 Å². The van der Waals surface area contributed by atoms with Gasteiger partial charge in [0.1, 0.15) is 6.10 Å². The second-order valence-corrected chi connectivity index (χ2v) is 3.83. The van der Waals surface area contributed by atoms with Gasteiger partial charge in [0.25, 0.3) is 0 Å². The minimum atomic E-state index is 0.00868. The van der Waals surface area contributed by atoms with Crippen LogP contribution in [0.1, 0.15) is 26.7 Å². The summed E-state index contributed by atoms with van der Waals surface area (Å²) in [6, 6.07) is 0. The van der Waals surface area contributed by atoms with Gasteiger partial charge in [0.2, 0.25) is 0 Å². The van der Waals surface area contributed by atoms with E-state index in [0.29, 0.717) is 6.10 Å². The highest BCUT2D eigenvalue weighted by atomic mass is 16.6. The van der Waals surface area contributed by atoms with Crippen molar-refractivity contribution in [3.05, 3.63) is 0 Å². The molecule has 1 heterocycles. The maximum Gasteiger partial charge on any atom is 0.116 e. The molecule has 2 fully saturated rings. The first-order valence-electron chi connectivity index (χ1n) is 3.84. The molecule has 1 aliphatic heterocycles. The first kappa shape index (κ1) is 6.62. The Morgan fingerprint density at radius 3 is 2.30 bits per heavy atom. The van der Waals surface area contributed by atoms with Gasteiger partial charge in [0.05, 0.1) is 11.2 Å². The Labute approximate surface area is 61.5 Å². The molecule has 1 saturated carbocycles. The fraction of sp³-hybridized carbons (Fsp3) is 1.00. The van der Waals surface area contributed by atoms with E-state index in [9.17, 15) is 0 Å². The fourth-order valence-electron chi connectivity index (χ4n) is 2.03. The van der Waals surface area contributed by atoms with E-state index in [1.807, 2.05) is 0 Å². The van der Waals surface area contributed by atoms with E-state index in [4.69, 9.17) is 9.47 Å². The summed E-state index contributed by atoms with van der Waals surface area (Å²) in [7, 11) is 1.77. The molecular formula is C8H14O2. The van der Waals surface area contributed by atoms with Gasteiger partial charge in [-0.2, -0.15) is 0 Å². The summed E-state index contributed by atoms with van der Waals surface area (Å²) in [5.74, 6) is 0. The molecule has 0 N–H and O–H groups in total. The molecule has 0 bridgehead atoms. The number of fused-ring (bicyclic) bond motifs is 1. The first-order valence-corrected chi connectivity index (χ1v) is 3.84. The Kier molecular flexibility index (Phi) is 1.03. The normalized spacial score (nSPS) is 58.5. The molecule has 2 nitrogen and oxygen atoms in total. The number of ether oxygens (including phenoxy) is 2. The summed E-state index contributed by atoms with van der Waals surface area (Å²) >= 11 is 0. The van der Waals surface area contributed by atoms with Crippen molar-refractivity contribution < 1.29 is 9.47 Å². The van der Waals surface area contributed by atoms with Crippen LogP contribution in [0.25, 0.3) is 0 Å². The number of rotatable bonds is 1. The van der Waals surface area contributed by atoms with Crippen molar-refractivity contribution in [3.63, 3.8) is 0 Å². The van der Waals surface area contributed by atoms with Crippen molar-refractivity contribution in [1.29, 1.82) is 0 Å². The van der Waals surface area contributed by atoms with Gasteiger partial charge in [-0.25, -0.2) is 0 Å². The van der Waals surface area contributed by atoms with Crippen LogP contribution >= 0.6 is 0 Å². The third-order valence-corrected chi connectivity index (χ3v) is 3.02. The minimum Gasteiger partial charge on any atom is -0.376 e. The molecule has 58 valence electrons. The van der Waals surface area contributed by atoms with Crippen LogP contribution in [0.3, 0.4) is 0 Å². The number of hydrogen-bond donors (Lipinski definition) is 0. The van der Waals surface area contributed by atoms with Crippen LogP contribution < -0.4 is 0 Å². The smallest absolute Gasteiger partial charge is 0.116 e. The topological polar surface area (TPSA) is 21.8 Å². The average molecular weight is 142 g/mol. The molecule has 1 aliphatic carbocycles. The third-order valence-electron chi connectivity index (χ3n) is 3.02. The zero-order chi connectivity index (χ0) is 7.41. The Morgan fingerprint density at radius 1 is 1.40 bits per heavy atom. The number of methoxy groups -OCH3 is 1. The summed E-state index contributed by atoms with van der Waals surface area (Å²) in [6.07, 6.45) is 2.66. The van der Waals surface area contributed by atoms with Crippen LogP contribution in [0.5, 0.6) is 0 Å². The van der Waals surface area contributed by atoms with Gasteiger partial charge in [0, 0.05) is 7.11 Å². The van der Waals surface area contributed by atoms with Gasteiger partial charge in [-0.15, -0.1) is 0 Å². The zero-order valence-electron chi connectivity index (χ0n) is 6.81. The summed E-state index contributed by atoms with van der Waals surface area (Å²) in [6.45, 7) is 4.30. The van der Waals surface area contributed by atoms with Gasteiger partial charge < -0.3 is 9.47 Å². The zero-order valence-corrected chi connectivity index (χ0v) is 6.81. The largest absolute Gasteiger partial charge is 0.376 e. The molecule has 0 spiro atoms. The van der Waals surface area contributed by atoms with Crippen LogP contribution in [0.15, 0.2) is 0 Å².